The number of anilines is 1. The van der Waals surface area contributed by atoms with Crippen molar-refractivity contribution in [2.75, 3.05) is 72.1 Å². The number of nitrogens with zero attached hydrogens (tertiary/aromatic N) is 2. The van der Waals surface area contributed by atoms with Crippen LogP contribution in [0.5, 0.6) is 11.5 Å². The molecule has 7 nitrogen and oxygen atoms in total. The number of methoxy groups -OCH3 is 1. The van der Waals surface area contributed by atoms with Gasteiger partial charge >= 0.3 is 0 Å². The molecule has 2 saturated heterocycles. The molecule has 5 rings (SSSR count). The zero-order valence-corrected chi connectivity index (χ0v) is 19.6. The summed E-state index contributed by atoms with van der Waals surface area (Å²) in [6, 6.07) is 4.12. The van der Waals surface area contributed by atoms with Gasteiger partial charge in [-0.25, -0.2) is 0 Å². The summed E-state index contributed by atoms with van der Waals surface area (Å²) in [4.78, 5) is 7.43. The van der Waals surface area contributed by atoms with Crippen LogP contribution in [0.25, 0.3) is 10.9 Å². The summed E-state index contributed by atoms with van der Waals surface area (Å²) in [5.41, 5.74) is 4.78. The number of likely N-dealkylation sites (tertiary alicyclic amines) is 1. The van der Waals surface area contributed by atoms with Crippen LogP contribution in [0.1, 0.15) is 36.9 Å². The molecule has 0 spiro atoms. The van der Waals surface area contributed by atoms with Crippen molar-refractivity contribution in [1.82, 2.24) is 9.88 Å². The summed E-state index contributed by atoms with van der Waals surface area (Å²) in [6.45, 7) is 7.41. The number of aryl methyl sites for hydroxylation is 1. The molecule has 1 aromatic carbocycles. The Kier molecular flexibility index (Phi) is 8.42. The van der Waals surface area contributed by atoms with E-state index in [1.54, 1.807) is 7.11 Å². The van der Waals surface area contributed by atoms with Gasteiger partial charge in [0, 0.05) is 36.4 Å². The van der Waals surface area contributed by atoms with E-state index >= 15 is 0 Å². The van der Waals surface area contributed by atoms with Crippen LogP contribution in [0.2, 0.25) is 0 Å². The molecule has 176 valence electrons. The second kappa shape index (κ2) is 11.7. The van der Waals surface area contributed by atoms with Crippen LogP contribution in [-0.4, -0.2) is 76.7 Å². The van der Waals surface area contributed by atoms with Gasteiger partial charge in [0.15, 0.2) is 11.5 Å². The monoisotopic (exact) mass is 443 g/mol. The highest BCUT2D eigenvalue weighted by molar-refractivity contribution is 5.95. The van der Waals surface area contributed by atoms with Crippen molar-refractivity contribution in [3.8, 4) is 11.5 Å². The Morgan fingerprint density at radius 3 is 2.41 bits per heavy atom. The molecule has 2 fully saturated rings. The molecule has 3 heterocycles. The predicted molar refractivity (Wildman–Crippen MR) is 127 cm³/mol. The molecule has 3 aliphatic rings. The molecule has 32 heavy (non-hydrogen) atoms. The number of rotatable bonds is 7. The lowest BCUT2D eigenvalue weighted by Crippen LogP contribution is -2.21. The molecule has 1 N–H and O–H groups in total. The minimum Gasteiger partial charge on any atom is -0.493 e. The summed E-state index contributed by atoms with van der Waals surface area (Å²) < 4.78 is 21.6. The maximum Gasteiger partial charge on any atom is 0.163 e. The first-order valence-corrected chi connectivity index (χ1v) is 12.0. The normalized spacial score (nSPS) is 18.2. The van der Waals surface area contributed by atoms with Gasteiger partial charge in [0.25, 0.3) is 0 Å². The summed E-state index contributed by atoms with van der Waals surface area (Å²) in [5.74, 6) is 1.59. The third-order valence-corrected chi connectivity index (χ3v) is 6.37. The molecular formula is C25H37N3O4. The van der Waals surface area contributed by atoms with Crippen LogP contribution in [0.3, 0.4) is 0 Å². The number of ether oxygens (including phenoxy) is 4. The number of hydrogen-bond donors (Lipinski definition) is 1. The highest BCUT2D eigenvalue weighted by Gasteiger charge is 2.21. The first-order valence-electron chi connectivity index (χ1n) is 12.0. The van der Waals surface area contributed by atoms with E-state index < -0.39 is 0 Å². The first-order chi connectivity index (χ1) is 15.8. The summed E-state index contributed by atoms with van der Waals surface area (Å²) >= 11 is 0. The van der Waals surface area contributed by atoms with Crippen molar-refractivity contribution in [1.29, 1.82) is 0 Å². The highest BCUT2D eigenvalue weighted by atomic mass is 16.6. The second-order valence-corrected chi connectivity index (χ2v) is 8.51. The lowest BCUT2D eigenvalue weighted by atomic mass is 10.1. The van der Waals surface area contributed by atoms with Gasteiger partial charge in [-0.05, 0) is 63.2 Å². The van der Waals surface area contributed by atoms with Crippen LogP contribution in [0, 0.1) is 0 Å². The molecule has 1 aliphatic carbocycles. The quantitative estimate of drug-likeness (QED) is 0.655. The Morgan fingerprint density at radius 1 is 1.00 bits per heavy atom. The highest BCUT2D eigenvalue weighted by Crippen LogP contribution is 2.39. The molecule has 0 amide bonds. The van der Waals surface area contributed by atoms with Gasteiger partial charge in [-0.3, -0.25) is 4.98 Å². The minimum absolute atomic E-state index is 0.711. The fraction of sp³-hybridized carbons (Fsp3) is 0.640. The van der Waals surface area contributed by atoms with E-state index in [2.05, 4.69) is 16.3 Å². The fourth-order valence-electron chi connectivity index (χ4n) is 4.74. The van der Waals surface area contributed by atoms with Crippen molar-refractivity contribution in [3.05, 3.63) is 23.4 Å². The topological polar surface area (TPSA) is 65.1 Å². The van der Waals surface area contributed by atoms with Gasteiger partial charge in [-0.15, -0.1) is 0 Å². The van der Waals surface area contributed by atoms with Crippen molar-refractivity contribution < 1.29 is 18.9 Å². The van der Waals surface area contributed by atoms with E-state index in [1.807, 2.05) is 13.1 Å². The maximum atomic E-state index is 6.08. The van der Waals surface area contributed by atoms with Crippen LogP contribution >= 0.6 is 0 Å². The minimum atomic E-state index is 0.711. The molecule has 0 bridgehead atoms. The SMILES string of the molecule is C1COCCO1.CNc1c2c(nc3cc(OCCCN4CCCC4)c(OC)cc13)CCC2. The fourth-order valence-corrected chi connectivity index (χ4v) is 4.74. The van der Waals surface area contributed by atoms with E-state index in [-0.39, 0.29) is 0 Å². The number of fused-ring (bicyclic) bond motifs is 2. The van der Waals surface area contributed by atoms with E-state index in [1.165, 1.54) is 49.3 Å². The Labute approximate surface area is 191 Å². The smallest absolute Gasteiger partial charge is 0.163 e. The van der Waals surface area contributed by atoms with Crippen LogP contribution in [0.15, 0.2) is 12.1 Å². The third kappa shape index (κ3) is 5.63. The van der Waals surface area contributed by atoms with Crippen molar-refractivity contribution in [2.24, 2.45) is 0 Å². The molecule has 1 aromatic heterocycles. The Hall–Kier alpha value is -2.09. The standard InChI is InChI=1S/C21H29N3O2.C4H8O2/c1-22-21-15-7-5-8-17(15)23-18-14-20(19(25-2)13-16(18)21)26-12-6-11-24-9-3-4-10-24;1-2-6-4-3-5-1/h13-14H,3-12H2,1-2H3,(H,22,23);1-4H2. The second-order valence-electron chi connectivity index (χ2n) is 8.51. The molecule has 0 atom stereocenters. The number of aromatic nitrogens is 1. The largest absolute Gasteiger partial charge is 0.493 e. The molecule has 7 heteroatoms. The lowest BCUT2D eigenvalue weighted by molar-refractivity contribution is -0.0334. The van der Waals surface area contributed by atoms with Gasteiger partial charge < -0.3 is 29.2 Å². The van der Waals surface area contributed by atoms with Crippen molar-refractivity contribution >= 4 is 16.6 Å². The van der Waals surface area contributed by atoms with Gasteiger partial charge in [0.05, 0.1) is 45.7 Å². The van der Waals surface area contributed by atoms with E-state index in [0.717, 1.165) is 74.6 Å². The molecule has 0 radical (unpaired) electrons. The number of pyridine rings is 1. The molecule has 0 unspecified atom stereocenters. The number of nitrogens with one attached hydrogen (secondary N) is 1. The van der Waals surface area contributed by atoms with Gasteiger partial charge in [0.2, 0.25) is 0 Å². The Bertz CT molecular complexity index is 868. The number of benzene rings is 1. The molecule has 2 aromatic rings. The predicted octanol–water partition coefficient (Wildman–Crippen LogP) is 3.67. The molecule has 0 saturated carbocycles. The average molecular weight is 444 g/mol. The Morgan fingerprint density at radius 2 is 1.75 bits per heavy atom. The summed E-state index contributed by atoms with van der Waals surface area (Å²) in [7, 11) is 3.70. The zero-order chi connectivity index (χ0) is 22.2. The van der Waals surface area contributed by atoms with Gasteiger partial charge in [0.1, 0.15) is 0 Å². The Balaban J connectivity index is 0.000000354. The molecular weight excluding hydrogens is 406 g/mol. The van der Waals surface area contributed by atoms with Gasteiger partial charge in [-0.1, -0.05) is 0 Å². The van der Waals surface area contributed by atoms with Crippen LogP contribution in [-0.2, 0) is 22.3 Å². The van der Waals surface area contributed by atoms with Crippen LogP contribution in [0.4, 0.5) is 5.69 Å². The first kappa shape index (κ1) is 23.1. The van der Waals surface area contributed by atoms with Gasteiger partial charge in [-0.2, -0.15) is 0 Å². The zero-order valence-electron chi connectivity index (χ0n) is 19.6. The summed E-state index contributed by atoms with van der Waals surface area (Å²) in [6.07, 6.45) is 7.07. The van der Waals surface area contributed by atoms with Crippen molar-refractivity contribution in [2.45, 2.75) is 38.5 Å². The lowest BCUT2D eigenvalue weighted by Gasteiger charge is -2.17. The maximum absolute atomic E-state index is 6.08. The van der Waals surface area contributed by atoms with Crippen LogP contribution < -0.4 is 14.8 Å². The number of hydrogen-bond acceptors (Lipinski definition) is 7. The summed E-state index contributed by atoms with van der Waals surface area (Å²) in [5, 5.41) is 4.50. The van der Waals surface area contributed by atoms with Crippen molar-refractivity contribution in [3.63, 3.8) is 0 Å². The molecule has 2 aliphatic heterocycles. The average Bonchev–Trinajstić information content (AvgIpc) is 3.53. The van der Waals surface area contributed by atoms with E-state index in [9.17, 15) is 0 Å². The third-order valence-electron chi connectivity index (χ3n) is 6.37. The van der Waals surface area contributed by atoms with E-state index in [4.69, 9.17) is 23.9 Å². The van der Waals surface area contributed by atoms with E-state index in [0.29, 0.717) is 6.61 Å².